The topological polar surface area (TPSA) is 84.9 Å². The van der Waals surface area contributed by atoms with Crippen LogP contribution in [0.25, 0.3) is 0 Å². The minimum atomic E-state index is -0.535. The number of anilines is 1. The number of rotatable bonds is 8. The maximum Gasteiger partial charge on any atom is 0.337 e. The van der Waals surface area contributed by atoms with Gasteiger partial charge in [0.1, 0.15) is 0 Å². The molecule has 0 heterocycles. The summed E-state index contributed by atoms with van der Waals surface area (Å²) in [6.07, 6.45) is 0.627. The molecule has 0 aromatic heterocycles. The molecular formula is C16H21ClN2O5. The summed E-state index contributed by atoms with van der Waals surface area (Å²) in [4.78, 5) is 36.7. The molecule has 0 unspecified atom stereocenters. The Kier molecular flexibility index (Phi) is 8.21. The third-order valence-corrected chi connectivity index (χ3v) is 3.55. The monoisotopic (exact) mass is 356 g/mol. The van der Waals surface area contributed by atoms with E-state index in [1.165, 1.54) is 37.1 Å². The van der Waals surface area contributed by atoms with Crippen molar-refractivity contribution >= 4 is 35.1 Å². The first-order valence-corrected chi connectivity index (χ1v) is 7.69. The molecule has 0 fully saturated rings. The first-order valence-electron chi connectivity index (χ1n) is 7.31. The standard InChI is InChI=1S/C16H21ClN2O5/c1-11(20)19(7-4-8-23-2)10-15(21)18-14-9-12(16(22)24-3)5-6-13(14)17/h5-6,9H,4,7-8,10H2,1-3H3,(H,18,21). The van der Waals surface area contributed by atoms with Gasteiger partial charge in [0.15, 0.2) is 0 Å². The molecule has 0 spiro atoms. The number of carbonyl (C=O) groups is 3. The summed E-state index contributed by atoms with van der Waals surface area (Å²) in [5.41, 5.74) is 0.547. The zero-order chi connectivity index (χ0) is 18.1. The van der Waals surface area contributed by atoms with Crippen LogP contribution in [0.1, 0.15) is 23.7 Å². The molecule has 1 rings (SSSR count). The Morgan fingerprint density at radius 2 is 1.96 bits per heavy atom. The predicted octanol–water partition coefficient (Wildman–Crippen LogP) is 1.95. The highest BCUT2D eigenvalue weighted by atomic mass is 35.5. The van der Waals surface area contributed by atoms with Crippen LogP contribution >= 0.6 is 11.6 Å². The van der Waals surface area contributed by atoms with Gasteiger partial charge >= 0.3 is 5.97 Å². The highest BCUT2D eigenvalue weighted by Gasteiger charge is 2.15. The number of esters is 1. The highest BCUT2D eigenvalue weighted by Crippen LogP contribution is 2.23. The quantitative estimate of drug-likeness (QED) is 0.568. The van der Waals surface area contributed by atoms with Gasteiger partial charge in [-0.3, -0.25) is 9.59 Å². The van der Waals surface area contributed by atoms with E-state index in [0.717, 1.165) is 0 Å². The Hall–Kier alpha value is -2.12. The molecule has 0 aliphatic heterocycles. The van der Waals surface area contributed by atoms with E-state index in [0.29, 0.717) is 19.6 Å². The van der Waals surface area contributed by atoms with E-state index in [9.17, 15) is 14.4 Å². The number of ether oxygens (including phenoxy) is 2. The number of nitrogens with zero attached hydrogens (tertiary/aromatic N) is 1. The lowest BCUT2D eigenvalue weighted by atomic mass is 10.2. The molecule has 8 heteroatoms. The number of halogens is 1. The van der Waals surface area contributed by atoms with Crippen LogP contribution in [-0.2, 0) is 19.1 Å². The lowest BCUT2D eigenvalue weighted by molar-refractivity contribution is -0.132. The lowest BCUT2D eigenvalue weighted by Crippen LogP contribution is -2.37. The summed E-state index contributed by atoms with van der Waals surface area (Å²) in [6.45, 7) is 2.19. The molecule has 1 aromatic rings. The number of methoxy groups -OCH3 is 2. The first kappa shape index (κ1) is 19.9. The van der Waals surface area contributed by atoms with Crippen LogP contribution in [0.5, 0.6) is 0 Å². The van der Waals surface area contributed by atoms with Crippen LogP contribution in [0.15, 0.2) is 18.2 Å². The molecule has 0 aliphatic carbocycles. The normalized spacial score (nSPS) is 10.2. The van der Waals surface area contributed by atoms with Gasteiger partial charge < -0.3 is 19.7 Å². The lowest BCUT2D eigenvalue weighted by Gasteiger charge is -2.20. The van der Waals surface area contributed by atoms with Gasteiger partial charge in [0.2, 0.25) is 11.8 Å². The summed E-state index contributed by atoms with van der Waals surface area (Å²) in [5, 5.41) is 2.88. The molecule has 1 N–H and O–H groups in total. The van der Waals surface area contributed by atoms with Gasteiger partial charge in [-0.2, -0.15) is 0 Å². The largest absolute Gasteiger partial charge is 0.465 e. The van der Waals surface area contributed by atoms with E-state index in [-0.39, 0.29) is 28.7 Å². The fourth-order valence-corrected chi connectivity index (χ4v) is 2.14. The second-order valence-corrected chi connectivity index (χ2v) is 5.43. The van der Waals surface area contributed by atoms with Gasteiger partial charge in [0.05, 0.1) is 29.9 Å². The summed E-state index contributed by atoms with van der Waals surface area (Å²) >= 11 is 6.03. The zero-order valence-corrected chi connectivity index (χ0v) is 14.7. The van der Waals surface area contributed by atoms with Crippen molar-refractivity contribution in [1.82, 2.24) is 4.90 Å². The fraction of sp³-hybridized carbons (Fsp3) is 0.438. The molecule has 24 heavy (non-hydrogen) atoms. The second kappa shape index (κ2) is 9.89. The summed E-state index contributed by atoms with van der Waals surface area (Å²) in [5.74, 6) is -1.16. The highest BCUT2D eigenvalue weighted by molar-refractivity contribution is 6.33. The molecular weight excluding hydrogens is 336 g/mol. The molecule has 2 amide bonds. The van der Waals surface area contributed by atoms with Crippen molar-refractivity contribution in [1.29, 1.82) is 0 Å². The van der Waals surface area contributed by atoms with E-state index in [2.05, 4.69) is 10.1 Å². The molecule has 1 aromatic carbocycles. The van der Waals surface area contributed by atoms with E-state index in [1.807, 2.05) is 0 Å². The minimum Gasteiger partial charge on any atom is -0.465 e. The molecule has 0 aliphatic rings. The zero-order valence-electron chi connectivity index (χ0n) is 13.9. The average molecular weight is 357 g/mol. The Morgan fingerprint density at radius 3 is 2.54 bits per heavy atom. The van der Waals surface area contributed by atoms with E-state index in [1.54, 1.807) is 7.11 Å². The number of amides is 2. The maximum atomic E-state index is 12.2. The van der Waals surface area contributed by atoms with Crippen molar-refractivity contribution in [3.63, 3.8) is 0 Å². The number of carbonyl (C=O) groups excluding carboxylic acids is 3. The smallest absolute Gasteiger partial charge is 0.337 e. The number of hydrogen-bond donors (Lipinski definition) is 1. The summed E-state index contributed by atoms with van der Waals surface area (Å²) < 4.78 is 9.56. The molecule has 7 nitrogen and oxygen atoms in total. The van der Waals surface area contributed by atoms with Gasteiger partial charge in [0, 0.05) is 27.2 Å². The Balaban J connectivity index is 2.75. The van der Waals surface area contributed by atoms with Gasteiger partial charge in [0.25, 0.3) is 0 Å². The van der Waals surface area contributed by atoms with E-state index < -0.39 is 11.9 Å². The predicted molar refractivity (Wildman–Crippen MR) is 90.2 cm³/mol. The first-order chi connectivity index (χ1) is 11.4. The SMILES string of the molecule is COCCCN(CC(=O)Nc1cc(C(=O)OC)ccc1Cl)C(C)=O. The van der Waals surface area contributed by atoms with Gasteiger partial charge in [-0.05, 0) is 24.6 Å². The third kappa shape index (κ3) is 6.17. The van der Waals surface area contributed by atoms with Crippen molar-refractivity contribution in [2.24, 2.45) is 0 Å². The molecule has 0 atom stereocenters. The van der Waals surface area contributed by atoms with Gasteiger partial charge in [-0.25, -0.2) is 4.79 Å². The molecule has 0 saturated carbocycles. The Labute approximate surface area is 145 Å². The van der Waals surface area contributed by atoms with Gasteiger partial charge in [-0.1, -0.05) is 11.6 Å². The van der Waals surface area contributed by atoms with Crippen molar-refractivity contribution in [2.75, 3.05) is 39.2 Å². The number of hydrogen-bond acceptors (Lipinski definition) is 5. The van der Waals surface area contributed by atoms with Crippen molar-refractivity contribution in [2.45, 2.75) is 13.3 Å². The molecule has 0 radical (unpaired) electrons. The van der Waals surface area contributed by atoms with Crippen LogP contribution < -0.4 is 5.32 Å². The summed E-state index contributed by atoms with van der Waals surface area (Å²) in [6, 6.07) is 4.41. The Morgan fingerprint density at radius 1 is 1.25 bits per heavy atom. The van der Waals surface area contributed by atoms with Crippen LogP contribution in [-0.4, -0.2) is 56.6 Å². The van der Waals surface area contributed by atoms with Crippen molar-refractivity contribution < 1.29 is 23.9 Å². The van der Waals surface area contributed by atoms with Crippen LogP contribution in [0.3, 0.4) is 0 Å². The van der Waals surface area contributed by atoms with Crippen LogP contribution in [0.2, 0.25) is 5.02 Å². The fourth-order valence-electron chi connectivity index (χ4n) is 1.98. The van der Waals surface area contributed by atoms with E-state index >= 15 is 0 Å². The minimum absolute atomic E-state index is 0.113. The van der Waals surface area contributed by atoms with Crippen LogP contribution in [0.4, 0.5) is 5.69 Å². The number of nitrogens with one attached hydrogen (secondary N) is 1. The summed E-state index contributed by atoms with van der Waals surface area (Å²) in [7, 11) is 2.83. The van der Waals surface area contributed by atoms with Crippen LogP contribution in [0, 0.1) is 0 Å². The van der Waals surface area contributed by atoms with Crippen molar-refractivity contribution in [3.05, 3.63) is 28.8 Å². The maximum absolute atomic E-state index is 12.2. The number of benzene rings is 1. The average Bonchev–Trinajstić information content (AvgIpc) is 2.55. The third-order valence-electron chi connectivity index (χ3n) is 3.22. The van der Waals surface area contributed by atoms with E-state index in [4.69, 9.17) is 16.3 Å². The molecule has 132 valence electrons. The van der Waals surface area contributed by atoms with Gasteiger partial charge in [-0.15, -0.1) is 0 Å². The molecule has 0 saturated heterocycles. The Bertz CT molecular complexity index is 606. The van der Waals surface area contributed by atoms with Crippen molar-refractivity contribution in [3.8, 4) is 0 Å². The second-order valence-electron chi connectivity index (χ2n) is 5.02. The molecule has 0 bridgehead atoms.